The summed E-state index contributed by atoms with van der Waals surface area (Å²) in [5.74, 6) is 0.927. The van der Waals surface area contributed by atoms with Gasteiger partial charge in [-0.25, -0.2) is 0 Å². The molecule has 0 saturated heterocycles. The molecule has 2 aromatic carbocycles. The molecule has 0 spiro atoms. The highest BCUT2D eigenvalue weighted by Gasteiger charge is 2.26. The summed E-state index contributed by atoms with van der Waals surface area (Å²) in [7, 11) is 0. The van der Waals surface area contributed by atoms with Gasteiger partial charge < -0.3 is 15.8 Å². The van der Waals surface area contributed by atoms with Crippen LogP contribution in [0, 0.1) is 0 Å². The molecule has 3 nitrogen and oxygen atoms in total. The second kappa shape index (κ2) is 3.93. The lowest BCUT2D eigenvalue weighted by molar-refractivity contribution is 0.185. The summed E-state index contributed by atoms with van der Waals surface area (Å²) in [5.41, 5.74) is 6.79. The summed E-state index contributed by atoms with van der Waals surface area (Å²) in [6, 6.07) is 12.7. The Morgan fingerprint density at radius 1 is 1.24 bits per heavy atom. The van der Waals surface area contributed by atoms with Gasteiger partial charge in [-0.15, -0.1) is 0 Å². The van der Waals surface area contributed by atoms with E-state index in [-0.39, 0.29) is 12.1 Å². The number of ether oxygens (including phenoxy) is 1. The molecule has 0 aromatic heterocycles. The van der Waals surface area contributed by atoms with Crippen molar-refractivity contribution in [3.05, 3.63) is 36.4 Å². The Balaban J connectivity index is 2.16. The molecule has 0 aliphatic carbocycles. The molecule has 2 unspecified atom stereocenters. The minimum atomic E-state index is 0.0355. The maximum absolute atomic E-state index is 6.02. The van der Waals surface area contributed by atoms with Crippen molar-refractivity contribution in [2.75, 3.05) is 11.9 Å². The van der Waals surface area contributed by atoms with E-state index in [1.54, 1.807) is 0 Å². The Morgan fingerprint density at radius 2 is 2.06 bits per heavy atom. The van der Waals surface area contributed by atoms with E-state index in [0.717, 1.165) is 16.8 Å². The topological polar surface area (TPSA) is 47.3 Å². The van der Waals surface area contributed by atoms with E-state index >= 15 is 0 Å². The molecule has 3 rings (SSSR count). The summed E-state index contributed by atoms with van der Waals surface area (Å²) >= 11 is 0. The molecule has 0 amide bonds. The van der Waals surface area contributed by atoms with Crippen molar-refractivity contribution in [2.45, 2.75) is 19.1 Å². The predicted octanol–water partition coefficient (Wildman–Crippen LogP) is 2.36. The molecular formula is C14H16N2O. The summed E-state index contributed by atoms with van der Waals surface area (Å²) < 4.78 is 6.02. The SMILES string of the molecule is CC1Nc2ccc3ccccc3c2OC1CN. The van der Waals surface area contributed by atoms with Gasteiger partial charge in [0.1, 0.15) is 6.10 Å². The van der Waals surface area contributed by atoms with E-state index in [1.165, 1.54) is 5.39 Å². The highest BCUT2D eigenvalue weighted by Crippen LogP contribution is 2.37. The lowest BCUT2D eigenvalue weighted by atomic mass is 10.0. The molecule has 88 valence electrons. The smallest absolute Gasteiger partial charge is 0.150 e. The van der Waals surface area contributed by atoms with Gasteiger partial charge in [0.15, 0.2) is 5.75 Å². The Morgan fingerprint density at radius 3 is 2.88 bits per heavy atom. The van der Waals surface area contributed by atoms with Crippen LogP contribution in [0.4, 0.5) is 5.69 Å². The first-order chi connectivity index (χ1) is 8.29. The lowest BCUT2D eigenvalue weighted by Gasteiger charge is -2.33. The average Bonchev–Trinajstić information content (AvgIpc) is 2.37. The van der Waals surface area contributed by atoms with Crippen molar-refractivity contribution in [1.82, 2.24) is 0 Å². The number of nitrogens with one attached hydrogen (secondary N) is 1. The zero-order valence-electron chi connectivity index (χ0n) is 9.81. The molecule has 0 radical (unpaired) electrons. The third-order valence-electron chi connectivity index (χ3n) is 3.32. The Kier molecular flexibility index (Phi) is 2.41. The molecule has 1 aliphatic rings. The van der Waals surface area contributed by atoms with Gasteiger partial charge in [0.25, 0.3) is 0 Å². The molecule has 1 heterocycles. The summed E-state index contributed by atoms with van der Waals surface area (Å²) in [5, 5.41) is 5.78. The van der Waals surface area contributed by atoms with Gasteiger partial charge in [0, 0.05) is 11.9 Å². The Labute approximate surface area is 101 Å². The molecule has 1 aliphatic heterocycles. The van der Waals surface area contributed by atoms with Crippen LogP contribution in [-0.2, 0) is 0 Å². The third-order valence-corrected chi connectivity index (χ3v) is 3.32. The van der Waals surface area contributed by atoms with E-state index in [4.69, 9.17) is 10.5 Å². The van der Waals surface area contributed by atoms with E-state index in [1.807, 2.05) is 12.1 Å². The first-order valence-electron chi connectivity index (χ1n) is 5.94. The monoisotopic (exact) mass is 228 g/mol. The van der Waals surface area contributed by atoms with Gasteiger partial charge in [0.2, 0.25) is 0 Å². The van der Waals surface area contributed by atoms with Crippen LogP contribution in [0.15, 0.2) is 36.4 Å². The average molecular weight is 228 g/mol. The maximum atomic E-state index is 6.02. The molecule has 2 atom stereocenters. The normalized spacial score (nSPS) is 22.7. The van der Waals surface area contributed by atoms with Crippen LogP contribution in [0.25, 0.3) is 10.8 Å². The second-order valence-electron chi connectivity index (χ2n) is 4.49. The fourth-order valence-corrected chi connectivity index (χ4v) is 2.33. The van der Waals surface area contributed by atoms with Crippen molar-refractivity contribution in [3.63, 3.8) is 0 Å². The molecule has 0 saturated carbocycles. The number of nitrogens with two attached hydrogens (primary N) is 1. The van der Waals surface area contributed by atoms with E-state index in [2.05, 4.69) is 36.5 Å². The van der Waals surface area contributed by atoms with Gasteiger partial charge in [0.05, 0.1) is 11.7 Å². The fraction of sp³-hybridized carbons (Fsp3) is 0.286. The van der Waals surface area contributed by atoms with Crippen molar-refractivity contribution >= 4 is 16.5 Å². The molecule has 3 heteroatoms. The molecule has 0 bridgehead atoms. The van der Waals surface area contributed by atoms with Crippen molar-refractivity contribution in [2.24, 2.45) is 5.73 Å². The number of fused-ring (bicyclic) bond motifs is 3. The van der Waals surface area contributed by atoms with E-state index < -0.39 is 0 Å². The Bertz CT molecular complexity index is 553. The largest absolute Gasteiger partial charge is 0.484 e. The van der Waals surface area contributed by atoms with Gasteiger partial charge in [-0.3, -0.25) is 0 Å². The van der Waals surface area contributed by atoms with Crippen molar-refractivity contribution < 1.29 is 4.74 Å². The number of rotatable bonds is 1. The molecule has 0 fully saturated rings. The molecule has 3 N–H and O–H groups in total. The van der Waals surface area contributed by atoms with Crippen molar-refractivity contribution in [3.8, 4) is 5.75 Å². The molecular weight excluding hydrogens is 212 g/mol. The van der Waals surface area contributed by atoms with Gasteiger partial charge in [-0.05, 0) is 18.4 Å². The van der Waals surface area contributed by atoms with Gasteiger partial charge >= 0.3 is 0 Å². The summed E-state index contributed by atoms with van der Waals surface area (Å²) in [6.07, 6.45) is 0.0355. The minimum Gasteiger partial charge on any atom is -0.484 e. The van der Waals surface area contributed by atoms with Crippen LogP contribution in [0.3, 0.4) is 0 Å². The molecule has 2 aromatic rings. The summed E-state index contributed by atoms with van der Waals surface area (Å²) in [4.78, 5) is 0. The second-order valence-corrected chi connectivity index (χ2v) is 4.49. The first kappa shape index (κ1) is 10.4. The van der Waals surface area contributed by atoms with Crippen LogP contribution in [-0.4, -0.2) is 18.7 Å². The molecule has 17 heavy (non-hydrogen) atoms. The Hall–Kier alpha value is -1.74. The van der Waals surface area contributed by atoms with E-state index in [9.17, 15) is 0 Å². The highest BCUT2D eigenvalue weighted by molar-refractivity contribution is 5.93. The number of hydrogen-bond donors (Lipinski definition) is 2. The van der Waals surface area contributed by atoms with E-state index in [0.29, 0.717) is 6.54 Å². The standard InChI is InChI=1S/C14H16N2O/c1-9-13(8-15)17-14-11-5-3-2-4-10(11)6-7-12(14)16-9/h2-7,9,13,16H,8,15H2,1H3. The number of hydrogen-bond acceptors (Lipinski definition) is 3. The number of anilines is 1. The minimum absolute atomic E-state index is 0.0355. The highest BCUT2D eigenvalue weighted by atomic mass is 16.5. The fourth-order valence-electron chi connectivity index (χ4n) is 2.33. The lowest BCUT2D eigenvalue weighted by Crippen LogP contribution is -2.44. The zero-order valence-corrected chi connectivity index (χ0v) is 9.81. The van der Waals surface area contributed by atoms with Crippen LogP contribution in [0.5, 0.6) is 5.75 Å². The maximum Gasteiger partial charge on any atom is 0.150 e. The van der Waals surface area contributed by atoms with Crippen LogP contribution in [0.1, 0.15) is 6.92 Å². The predicted molar refractivity (Wildman–Crippen MR) is 70.5 cm³/mol. The van der Waals surface area contributed by atoms with Crippen LogP contribution >= 0.6 is 0 Å². The number of benzene rings is 2. The first-order valence-corrected chi connectivity index (χ1v) is 5.94. The van der Waals surface area contributed by atoms with Gasteiger partial charge in [-0.2, -0.15) is 0 Å². The quantitative estimate of drug-likeness (QED) is 0.787. The van der Waals surface area contributed by atoms with Crippen LogP contribution in [0.2, 0.25) is 0 Å². The zero-order chi connectivity index (χ0) is 11.8. The van der Waals surface area contributed by atoms with Crippen molar-refractivity contribution in [1.29, 1.82) is 0 Å². The van der Waals surface area contributed by atoms with Gasteiger partial charge in [-0.1, -0.05) is 30.3 Å². The summed E-state index contributed by atoms with van der Waals surface area (Å²) in [6.45, 7) is 2.62. The third kappa shape index (κ3) is 1.63. The van der Waals surface area contributed by atoms with Crippen LogP contribution < -0.4 is 15.8 Å².